The number of carbonyl (C=O) groups excluding carboxylic acids is 3. The van der Waals surface area contributed by atoms with Gasteiger partial charge in [0.05, 0.1) is 18.9 Å². The molecule has 186 valence electrons. The van der Waals surface area contributed by atoms with Crippen molar-refractivity contribution in [3.8, 4) is 5.75 Å². The third-order valence-electron chi connectivity index (χ3n) is 4.43. The van der Waals surface area contributed by atoms with Crippen molar-refractivity contribution in [2.45, 2.75) is 50.4 Å². The van der Waals surface area contributed by atoms with Crippen molar-refractivity contribution in [3.63, 3.8) is 0 Å². The second-order valence-corrected chi connectivity index (χ2v) is 7.38. The molecule has 1 aromatic carbocycles. The Hall–Kier alpha value is -4.20. The predicted molar refractivity (Wildman–Crippen MR) is 113 cm³/mol. The van der Waals surface area contributed by atoms with Crippen molar-refractivity contribution in [2.75, 3.05) is 0 Å². The molecule has 3 amide bonds. The van der Waals surface area contributed by atoms with Gasteiger partial charge in [-0.2, -0.15) is 0 Å². The Balaban J connectivity index is 3.17. The van der Waals surface area contributed by atoms with Gasteiger partial charge < -0.3 is 42.1 Å². The number of aromatic hydroxyl groups is 1. The lowest BCUT2D eigenvalue weighted by molar-refractivity contribution is -0.147. The van der Waals surface area contributed by atoms with Gasteiger partial charge in [-0.05, 0) is 24.6 Å². The third kappa shape index (κ3) is 9.52. The summed E-state index contributed by atoms with van der Waals surface area (Å²) in [4.78, 5) is 70.7. The zero-order valence-electron chi connectivity index (χ0n) is 18.1. The van der Waals surface area contributed by atoms with E-state index in [9.17, 15) is 39.0 Å². The van der Waals surface area contributed by atoms with Crippen LogP contribution < -0.4 is 21.7 Å². The normalized spacial score (nSPS) is 14.1. The molecule has 0 aromatic heterocycles. The van der Waals surface area contributed by atoms with Crippen LogP contribution in [-0.2, 0) is 35.2 Å². The Morgan fingerprint density at radius 1 is 0.765 bits per heavy atom. The van der Waals surface area contributed by atoms with E-state index in [0.29, 0.717) is 5.56 Å². The van der Waals surface area contributed by atoms with Gasteiger partial charge in [-0.25, -0.2) is 4.79 Å². The molecular weight excluding hydrogens is 456 g/mol. The molecule has 0 saturated carbocycles. The van der Waals surface area contributed by atoms with Crippen LogP contribution in [0.15, 0.2) is 24.3 Å². The molecule has 4 atom stereocenters. The molecule has 14 heteroatoms. The topological polar surface area (TPSA) is 245 Å². The van der Waals surface area contributed by atoms with E-state index in [2.05, 4.69) is 10.6 Å². The number of nitrogens with two attached hydrogens (primary N) is 1. The van der Waals surface area contributed by atoms with E-state index in [1.807, 2.05) is 5.32 Å². The van der Waals surface area contributed by atoms with Crippen LogP contribution in [0, 0.1) is 0 Å². The van der Waals surface area contributed by atoms with E-state index in [1.54, 1.807) is 0 Å². The SMILES string of the molecule is CC(N)C(=O)NC(CC(=O)O)C(=O)NC(Cc1ccc(O)cc1)C(=O)NC(CC(=O)O)C(=O)O. The van der Waals surface area contributed by atoms with Crippen LogP contribution in [0.25, 0.3) is 0 Å². The van der Waals surface area contributed by atoms with Gasteiger partial charge in [-0.1, -0.05) is 12.1 Å². The van der Waals surface area contributed by atoms with Crippen LogP contribution in [0.1, 0.15) is 25.3 Å². The van der Waals surface area contributed by atoms with Crippen LogP contribution in [0.4, 0.5) is 0 Å². The summed E-state index contributed by atoms with van der Waals surface area (Å²) in [5.41, 5.74) is 5.84. The monoisotopic (exact) mass is 482 g/mol. The summed E-state index contributed by atoms with van der Waals surface area (Å²) < 4.78 is 0. The highest BCUT2D eigenvalue weighted by atomic mass is 16.4. The summed E-state index contributed by atoms with van der Waals surface area (Å²) in [6.45, 7) is 1.31. The first kappa shape index (κ1) is 27.8. The summed E-state index contributed by atoms with van der Waals surface area (Å²) >= 11 is 0. The Kier molecular flexibility index (Phi) is 10.4. The number of carboxylic acids is 3. The predicted octanol–water partition coefficient (Wildman–Crippen LogP) is -2.23. The Labute approximate surface area is 193 Å². The van der Waals surface area contributed by atoms with Crippen molar-refractivity contribution < 1.29 is 49.2 Å². The van der Waals surface area contributed by atoms with Crippen LogP contribution in [0.5, 0.6) is 5.75 Å². The van der Waals surface area contributed by atoms with Gasteiger partial charge in [0, 0.05) is 6.42 Å². The zero-order valence-corrected chi connectivity index (χ0v) is 18.1. The molecule has 0 heterocycles. The number of rotatable bonds is 13. The Bertz CT molecular complexity index is 932. The number of nitrogens with one attached hydrogen (secondary N) is 3. The quantitative estimate of drug-likeness (QED) is 0.149. The first-order chi connectivity index (χ1) is 15.8. The largest absolute Gasteiger partial charge is 0.508 e. The maximum atomic E-state index is 12.8. The first-order valence-electron chi connectivity index (χ1n) is 9.91. The number of amides is 3. The summed E-state index contributed by atoms with van der Waals surface area (Å²) in [6, 6.07) is -0.541. The van der Waals surface area contributed by atoms with Crippen molar-refractivity contribution >= 4 is 35.6 Å². The van der Waals surface area contributed by atoms with Gasteiger partial charge >= 0.3 is 17.9 Å². The lowest BCUT2D eigenvalue weighted by atomic mass is 10.0. The number of hydrogen-bond acceptors (Lipinski definition) is 8. The minimum absolute atomic E-state index is 0.0821. The Morgan fingerprint density at radius 3 is 1.68 bits per heavy atom. The van der Waals surface area contributed by atoms with Gasteiger partial charge in [0.2, 0.25) is 17.7 Å². The van der Waals surface area contributed by atoms with Gasteiger partial charge in [-0.15, -0.1) is 0 Å². The lowest BCUT2D eigenvalue weighted by Crippen LogP contribution is -2.58. The van der Waals surface area contributed by atoms with Crippen LogP contribution in [0.3, 0.4) is 0 Å². The average molecular weight is 482 g/mol. The average Bonchev–Trinajstić information content (AvgIpc) is 2.72. The van der Waals surface area contributed by atoms with Gasteiger partial charge in [0.15, 0.2) is 0 Å². The minimum atomic E-state index is -1.81. The molecule has 0 saturated heterocycles. The Morgan fingerprint density at radius 2 is 1.21 bits per heavy atom. The number of hydrogen-bond donors (Lipinski definition) is 8. The van der Waals surface area contributed by atoms with Crippen molar-refractivity contribution in [1.82, 2.24) is 16.0 Å². The van der Waals surface area contributed by atoms with E-state index < -0.39 is 72.6 Å². The molecule has 9 N–H and O–H groups in total. The smallest absolute Gasteiger partial charge is 0.326 e. The highest BCUT2D eigenvalue weighted by Crippen LogP contribution is 2.12. The lowest BCUT2D eigenvalue weighted by Gasteiger charge is -2.24. The zero-order chi connectivity index (χ0) is 26.0. The summed E-state index contributed by atoms with van der Waals surface area (Å²) in [7, 11) is 0. The number of phenolic OH excluding ortho intramolecular Hbond substituents is 1. The number of phenols is 1. The third-order valence-corrected chi connectivity index (χ3v) is 4.43. The molecular formula is C20H26N4O10. The number of carbonyl (C=O) groups is 6. The van der Waals surface area contributed by atoms with Crippen LogP contribution in [0.2, 0.25) is 0 Å². The van der Waals surface area contributed by atoms with Crippen molar-refractivity contribution in [2.24, 2.45) is 5.73 Å². The molecule has 1 aromatic rings. The van der Waals surface area contributed by atoms with E-state index in [1.165, 1.54) is 31.2 Å². The molecule has 0 spiro atoms. The fraction of sp³-hybridized carbons (Fsp3) is 0.400. The molecule has 1 rings (SSSR count). The maximum Gasteiger partial charge on any atom is 0.326 e. The van der Waals surface area contributed by atoms with Crippen LogP contribution >= 0.6 is 0 Å². The number of aliphatic carboxylic acids is 3. The van der Waals surface area contributed by atoms with Gasteiger partial charge in [-0.3, -0.25) is 24.0 Å². The molecule has 4 unspecified atom stereocenters. The minimum Gasteiger partial charge on any atom is -0.508 e. The molecule has 0 bridgehead atoms. The molecule has 34 heavy (non-hydrogen) atoms. The number of benzene rings is 1. The van der Waals surface area contributed by atoms with Crippen molar-refractivity contribution in [3.05, 3.63) is 29.8 Å². The van der Waals surface area contributed by atoms with E-state index in [-0.39, 0.29) is 12.2 Å². The second kappa shape index (κ2) is 12.7. The molecule has 0 fully saturated rings. The first-order valence-corrected chi connectivity index (χ1v) is 9.91. The number of carboxylic acid groups (broad SMARTS) is 3. The summed E-state index contributed by atoms with van der Waals surface area (Å²) in [5.74, 6) is -7.60. The standard InChI is InChI=1S/C20H26N4O10/c1-9(21)17(30)22-13(7-15(26)27)19(32)23-12(6-10-2-4-11(25)5-3-10)18(31)24-14(20(33)34)8-16(28)29/h2-5,9,12-14,25H,6-8,21H2,1H3,(H,22,30)(H,23,32)(H,24,31)(H,26,27)(H,28,29)(H,33,34). The molecule has 0 aliphatic heterocycles. The maximum absolute atomic E-state index is 12.8. The van der Waals surface area contributed by atoms with Crippen molar-refractivity contribution in [1.29, 1.82) is 0 Å². The summed E-state index contributed by atoms with van der Waals surface area (Å²) in [5, 5.41) is 42.9. The summed E-state index contributed by atoms with van der Waals surface area (Å²) in [6.07, 6.45) is -2.01. The molecule has 0 aliphatic rings. The second-order valence-electron chi connectivity index (χ2n) is 7.38. The fourth-order valence-electron chi connectivity index (χ4n) is 2.68. The highest BCUT2D eigenvalue weighted by molar-refractivity contribution is 5.96. The molecule has 0 aliphatic carbocycles. The van der Waals surface area contributed by atoms with Gasteiger partial charge in [0.1, 0.15) is 23.9 Å². The highest BCUT2D eigenvalue weighted by Gasteiger charge is 2.31. The fourth-order valence-corrected chi connectivity index (χ4v) is 2.68. The van der Waals surface area contributed by atoms with E-state index in [4.69, 9.17) is 15.9 Å². The van der Waals surface area contributed by atoms with E-state index >= 15 is 0 Å². The van der Waals surface area contributed by atoms with Gasteiger partial charge in [0.25, 0.3) is 0 Å². The van der Waals surface area contributed by atoms with E-state index in [0.717, 1.165) is 0 Å². The molecule has 14 nitrogen and oxygen atoms in total. The van der Waals surface area contributed by atoms with Crippen LogP contribution in [-0.4, -0.2) is 80.2 Å². The molecule has 0 radical (unpaired) electrons.